The molecule has 7 heteroatoms. The van der Waals surface area contributed by atoms with Crippen molar-refractivity contribution in [2.45, 2.75) is 45.3 Å². The molecule has 1 saturated heterocycles. The van der Waals surface area contributed by atoms with Gasteiger partial charge < -0.3 is 19.9 Å². The summed E-state index contributed by atoms with van der Waals surface area (Å²) in [5.74, 6) is 0.704. The van der Waals surface area contributed by atoms with Crippen LogP contribution in [0.15, 0.2) is 48.5 Å². The van der Waals surface area contributed by atoms with Crippen LogP contribution in [0.4, 0.5) is 5.69 Å². The van der Waals surface area contributed by atoms with E-state index in [1.165, 1.54) is 0 Å². The number of anilines is 1. The van der Waals surface area contributed by atoms with Crippen molar-refractivity contribution < 1.29 is 14.3 Å². The highest BCUT2D eigenvalue weighted by molar-refractivity contribution is 5.91. The Hall–Kier alpha value is -3.19. The van der Waals surface area contributed by atoms with Crippen LogP contribution < -0.4 is 10.6 Å². The van der Waals surface area contributed by atoms with Gasteiger partial charge in [0.1, 0.15) is 18.5 Å². The number of rotatable bonds is 8. The van der Waals surface area contributed by atoms with Gasteiger partial charge in [0.15, 0.2) is 0 Å². The van der Waals surface area contributed by atoms with Gasteiger partial charge in [-0.3, -0.25) is 9.59 Å². The normalized spacial score (nSPS) is 15.8. The highest BCUT2D eigenvalue weighted by Gasteiger charge is 2.23. The van der Waals surface area contributed by atoms with Crippen LogP contribution in [-0.4, -0.2) is 40.6 Å². The first-order chi connectivity index (χ1) is 15.1. The third kappa shape index (κ3) is 5.30. The Morgan fingerprint density at radius 1 is 1.16 bits per heavy atom. The summed E-state index contributed by atoms with van der Waals surface area (Å²) in [6.07, 6.45) is 2.82. The lowest BCUT2D eigenvalue weighted by Gasteiger charge is -2.12. The zero-order valence-electron chi connectivity index (χ0n) is 17.8. The molecule has 1 aliphatic rings. The maximum atomic E-state index is 12.7. The second kappa shape index (κ2) is 9.75. The lowest BCUT2D eigenvalue weighted by molar-refractivity contribution is -0.130. The predicted octanol–water partition coefficient (Wildman–Crippen LogP) is 3.21. The molecule has 1 fully saturated rings. The van der Waals surface area contributed by atoms with E-state index in [4.69, 9.17) is 9.72 Å². The molecule has 0 saturated carbocycles. The molecular formula is C24H28N4O3. The number of hydrogen-bond acceptors (Lipinski definition) is 4. The Bertz CT molecular complexity index is 1050. The molecule has 162 valence electrons. The maximum absolute atomic E-state index is 12.7. The molecule has 1 atom stereocenters. The van der Waals surface area contributed by atoms with Gasteiger partial charge in [-0.05, 0) is 50.5 Å². The fourth-order valence-electron chi connectivity index (χ4n) is 3.83. The van der Waals surface area contributed by atoms with E-state index in [9.17, 15) is 9.59 Å². The molecule has 2 amide bonds. The van der Waals surface area contributed by atoms with Crippen molar-refractivity contribution in [3.8, 4) is 0 Å². The second-order valence-corrected chi connectivity index (χ2v) is 7.91. The van der Waals surface area contributed by atoms with E-state index >= 15 is 0 Å². The number of amides is 2. The van der Waals surface area contributed by atoms with E-state index in [0.717, 1.165) is 47.4 Å². The molecule has 0 bridgehead atoms. The van der Waals surface area contributed by atoms with E-state index in [0.29, 0.717) is 19.6 Å². The number of aromatic nitrogens is 2. The Morgan fingerprint density at radius 3 is 2.74 bits per heavy atom. The zero-order chi connectivity index (χ0) is 21.6. The highest BCUT2D eigenvalue weighted by Crippen LogP contribution is 2.18. The molecule has 0 radical (unpaired) electrons. The van der Waals surface area contributed by atoms with Crippen molar-refractivity contribution in [2.24, 2.45) is 0 Å². The maximum Gasteiger partial charge on any atom is 0.249 e. The molecule has 2 N–H and O–H groups in total. The van der Waals surface area contributed by atoms with Crippen molar-refractivity contribution in [2.75, 3.05) is 18.5 Å². The molecule has 1 aliphatic heterocycles. The van der Waals surface area contributed by atoms with E-state index < -0.39 is 0 Å². The summed E-state index contributed by atoms with van der Waals surface area (Å²) in [5.41, 5.74) is 3.72. The number of hydrogen-bond donors (Lipinski definition) is 2. The van der Waals surface area contributed by atoms with Crippen LogP contribution in [0.3, 0.4) is 0 Å². The molecule has 0 aliphatic carbocycles. The summed E-state index contributed by atoms with van der Waals surface area (Å²) in [5, 5.41) is 5.90. The standard InChI is InChI=1S/C24H28N4O3/c1-17-10-12-18(13-11-17)26-23(29)16-28-20-7-3-2-6-19(20)27-22(28)9-4-14-25-24(30)21-8-5-15-31-21/h2-3,6-7,10-13,21H,4-5,8-9,14-16H2,1H3,(H,25,30)(H,26,29). The summed E-state index contributed by atoms with van der Waals surface area (Å²) >= 11 is 0. The summed E-state index contributed by atoms with van der Waals surface area (Å²) in [6.45, 7) is 3.41. The SMILES string of the molecule is Cc1ccc(NC(=O)Cn2c(CCCNC(=O)C3CCCO3)nc3ccccc32)cc1. The molecule has 0 spiro atoms. The Morgan fingerprint density at radius 2 is 1.97 bits per heavy atom. The monoisotopic (exact) mass is 420 g/mol. The van der Waals surface area contributed by atoms with Gasteiger partial charge in [-0.2, -0.15) is 0 Å². The van der Waals surface area contributed by atoms with Crippen molar-refractivity contribution in [3.63, 3.8) is 0 Å². The number of aryl methyl sites for hydroxylation is 2. The van der Waals surface area contributed by atoms with E-state index in [1.807, 2.05) is 60.0 Å². The van der Waals surface area contributed by atoms with Gasteiger partial charge in [-0.15, -0.1) is 0 Å². The largest absolute Gasteiger partial charge is 0.368 e. The van der Waals surface area contributed by atoms with Gasteiger partial charge >= 0.3 is 0 Å². The average molecular weight is 421 g/mol. The van der Waals surface area contributed by atoms with Crippen molar-refractivity contribution in [3.05, 3.63) is 59.9 Å². The molecule has 1 unspecified atom stereocenters. The number of para-hydroxylation sites is 2. The lowest BCUT2D eigenvalue weighted by Crippen LogP contribution is -2.34. The van der Waals surface area contributed by atoms with Crippen LogP contribution >= 0.6 is 0 Å². The number of ether oxygens (including phenoxy) is 1. The molecule has 7 nitrogen and oxygen atoms in total. The van der Waals surface area contributed by atoms with Crippen molar-refractivity contribution in [1.29, 1.82) is 0 Å². The molecule has 3 aromatic rings. The predicted molar refractivity (Wildman–Crippen MR) is 120 cm³/mol. The fourth-order valence-corrected chi connectivity index (χ4v) is 3.83. The molecular weight excluding hydrogens is 392 g/mol. The first-order valence-electron chi connectivity index (χ1n) is 10.8. The molecule has 4 rings (SSSR count). The van der Waals surface area contributed by atoms with Crippen LogP contribution in [0.5, 0.6) is 0 Å². The van der Waals surface area contributed by atoms with Gasteiger partial charge in [0.05, 0.1) is 11.0 Å². The van der Waals surface area contributed by atoms with Crippen LogP contribution in [0.25, 0.3) is 11.0 Å². The third-order valence-electron chi connectivity index (χ3n) is 5.47. The first-order valence-corrected chi connectivity index (χ1v) is 10.8. The van der Waals surface area contributed by atoms with Gasteiger partial charge in [-0.25, -0.2) is 4.98 Å². The third-order valence-corrected chi connectivity index (χ3v) is 5.47. The molecule has 1 aromatic heterocycles. The minimum atomic E-state index is -0.310. The number of nitrogens with zero attached hydrogens (tertiary/aromatic N) is 2. The number of imidazole rings is 1. The summed E-state index contributed by atoms with van der Waals surface area (Å²) in [4.78, 5) is 29.5. The Labute approximate surface area is 181 Å². The molecule has 2 aromatic carbocycles. The quantitative estimate of drug-likeness (QED) is 0.548. The lowest BCUT2D eigenvalue weighted by atomic mass is 10.2. The minimum Gasteiger partial charge on any atom is -0.368 e. The zero-order valence-corrected chi connectivity index (χ0v) is 17.8. The molecule has 31 heavy (non-hydrogen) atoms. The van der Waals surface area contributed by atoms with Crippen LogP contribution in [0.2, 0.25) is 0 Å². The van der Waals surface area contributed by atoms with E-state index in [-0.39, 0.29) is 24.5 Å². The van der Waals surface area contributed by atoms with Gasteiger partial charge in [0.25, 0.3) is 0 Å². The minimum absolute atomic E-state index is 0.0384. The number of carbonyl (C=O) groups is 2. The van der Waals surface area contributed by atoms with Gasteiger partial charge in [0.2, 0.25) is 11.8 Å². The second-order valence-electron chi connectivity index (χ2n) is 7.91. The summed E-state index contributed by atoms with van der Waals surface area (Å²) < 4.78 is 7.37. The molecule has 2 heterocycles. The van der Waals surface area contributed by atoms with Crippen molar-refractivity contribution in [1.82, 2.24) is 14.9 Å². The average Bonchev–Trinajstić information content (AvgIpc) is 3.42. The Kier molecular flexibility index (Phi) is 6.62. The number of carbonyl (C=O) groups excluding carboxylic acids is 2. The highest BCUT2D eigenvalue weighted by atomic mass is 16.5. The number of benzene rings is 2. The van der Waals surface area contributed by atoms with Crippen LogP contribution in [-0.2, 0) is 27.3 Å². The smallest absolute Gasteiger partial charge is 0.249 e. The van der Waals surface area contributed by atoms with E-state index in [1.54, 1.807) is 0 Å². The summed E-state index contributed by atoms with van der Waals surface area (Å²) in [7, 11) is 0. The Balaban J connectivity index is 1.39. The fraction of sp³-hybridized carbons (Fsp3) is 0.375. The van der Waals surface area contributed by atoms with E-state index in [2.05, 4.69) is 10.6 Å². The number of nitrogens with one attached hydrogen (secondary N) is 2. The first kappa shape index (κ1) is 21.1. The van der Waals surface area contributed by atoms with Gasteiger partial charge in [-0.1, -0.05) is 29.8 Å². The van der Waals surface area contributed by atoms with Gasteiger partial charge in [0, 0.05) is 25.3 Å². The van der Waals surface area contributed by atoms with Crippen molar-refractivity contribution >= 4 is 28.5 Å². The van der Waals surface area contributed by atoms with Crippen LogP contribution in [0.1, 0.15) is 30.7 Å². The number of fused-ring (bicyclic) bond motifs is 1. The van der Waals surface area contributed by atoms with Crippen LogP contribution in [0, 0.1) is 6.92 Å². The summed E-state index contributed by atoms with van der Waals surface area (Å²) in [6, 6.07) is 15.6. The topological polar surface area (TPSA) is 85.2 Å².